The molecule has 2 aromatic rings. The van der Waals surface area contributed by atoms with Crippen LogP contribution in [-0.2, 0) is 9.59 Å². The second kappa shape index (κ2) is 11.3. The first kappa shape index (κ1) is 25.5. The summed E-state index contributed by atoms with van der Waals surface area (Å²) in [6.07, 6.45) is 0. The molecule has 1 unspecified atom stereocenters. The molecule has 1 atom stereocenters. The van der Waals surface area contributed by atoms with Crippen LogP contribution in [0.3, 0.4) is 0 Å². The summed E-state index contributed by atoms with van der Waals surface area (Å²) in [6.45, 7) is 13.6. The van der Waals surface area contributed by atoms with Crippen molar-refractivity contribution in [2.45, 2.75) is 46.6 Å². The normalized spacial score (nSPS) is 17.7. The van der Waals surface area contributed by atoms with Crippen LogP contribution in [0.2, 0.25) is 0 Å². The van der Waals surface area contributed by atoms with Gasteiger partial charge in [-0.2, -0.15) is 0 Å². The molecule has 1 aliphatic heterocycles. The average Bonchev–Trinajstić information content (AvgIpc) is 3.10. The number of amides is 1. The molecular formula is C28H36N2O4. The van der Waals surface area contributed by atoms with Crippen LogP contribution in [0, 0.1) is 0 Å². The first-order valence-electron chi connectivity index (χ1n) is 12.2. The Morgan fingerprint density at radius 3 is 2.15 bits per heavy atom. The number of ether oxygens (including phenoxy) is 1. The van der Waals surface area contributed by atoms with Gasteiger partial charge in [0.1, 0.15) is 11.5 Å². The van der Waals surface area contributed by atoms with Gasteiger partial charge in [0, 0.05) is 18.7 Å². The Labute approximate surface area is 202 Å². The predicted molar refractivity (Wildman–Crippen MR) is 135 cm³/mol. The van der Waals surface area contributed by atoms with Gasteiger partial charge in [-0.3, -0.25) is 9.59 Å². The van der Waals surface area contributed by atoms with Crippen LogP contribution in [0.5, 0.6) is 5.75 Å². The van der Waals surface area contributed by atoms with E-state index in [4.69, 9.17) is 4.74 Å². The molecule has 1 N–H and O–H groups in total. The molecular weight excluding hydrogens is 428 g/mol. The summed E-state index contributed by atoms with van der Waals surface area (Å²) in [7, 11) is 0. The summed E-state index contributed by atoms with van der Waals surface area (Å²) in [4.78, 5) is 30.1. The molecule has 0 bridgehead atoms. The zero-order valence-electron chi connectivity index (χ0n) is 20.9. The van der Waals surface area contributed by atoms with Gasteiger partial charge in [-0.15, -0.1) is 0 Å². The first-order chi connectivity index (χ1) is 16.3. The van der Waals surface area contributed by atoms with Crippen molar-refractivity contribution in [2.75, 3.05) is 32.8 Å². The van der Waals surface area contributed by atoms with Crippen molar-refractivity contribution < 1.29 is 19.4 Å². The maximum absolute atomic E-state index is 13.2. The van der Waals surface area contributed by atoms with Crippen LogP contribution in [0.4, 0.5) is 0 Å². The van der Waals surface area contributed by atoms with Crippen LogP contribution < -0.4 is 4.74 Å². The van der Waals surface area contributed by atoms with E-state index in [1.54, 1.807) is 29.2 Å². The Hall–Kier alpha value is -3.12. The van der Waals surface area contributed by atoms with Crippen molar-refractivity contribution in [3.63, 3.8) is 0 Å². The van der Waals surface area contributed by atoms with Crippen molar-refractivity contribution in [2.24, 2.45) is 0 Å². The molecule has 2 aromatic carbocycles. The number of nitrogens with zero attached hydrogens (tertiary/aromatic N) is 2. The Bertz CT molecular complexity index is 1020. The van der Waals surface area contributed by atoms with E-state index in [-0.39, 0.29) is 11.3 Å². The van der Waals surface area contributed by atoms with E-state index in [1.807, 2.05) is 31.2 Å². The number of benzene rings is 2. The number of Topliss-reactive ketones (excluding diaryl/α,β-unsaturated/α-hetero) is 1. The van der Waals surface area contributed by atoms with Gasteiger partial charge in [0.25, 0.3) is 11.7 Å². The van der Waals surface area contributed by atoms with Gasteiger partial charge in [0.15, 0.2) is 0 Å². The lowest BCUT2D eigenvalue weighted by Gasteiger charge is -2.28. The van der Waals surface area contributed by atoms with Gasteiger partial charge in [0.05, 0.1) is 18.2 Å². The molecule has 182 valence electrons. The highest BCUT2D eigenvalue weighted by Gasteiger charge is 2.45. The van der Waals surface area contributed by atoms with E-state index >= 15 is 0 Å². The van der Waals surface area contributed by atoms with Gasteiger partial charge in [-0.05, 0) is 61.3 Å². The summed E-state index contributed by atoms with van der Waals surface area (Å²) < 4.78 is 5.49. The number of likely N-dealkylation sites (N-methyl/N-ethyl adjacent to an activating group) is 1. The Morgan fingerprint density at radius 2 is 1.62 bits per heavy atom. The van der Waals surface area contributed by atoms with Crippen LogP contribution >= 0.6 is 0 Å². The lowest BCUT2D eigenvalue weighted by Crippen LogP contribution is -2.38. The first-order valence-corrected chi connectivity index (χ1v) is 12.2. The molecule has 1 saturated heterocycles. The van der Waals surface area contributed by atoms with Crippen molar-refractivity contribution in [1.82, 2.24) is 9.80 Å². The second-order valence-corrected chi connectivity index (χ2v) is 8.80. The van der Waals surface area contributed by atoms with E-state index in [2.05, 4.69) is 32.6 Å². The summed E-state index contributed by atoms with van der Waals surface area (Å²) in [6, 6.07) is 14.3. The van der Waals surface area contributed by atoms with Gasteiger partial charge in [-0.25, -0.2) is 0 Å². The minimum Gasteiger partial charge on any atom is -0.507 e. The number of aliphatic hydroxyl groups excluding tert-OH is 1. The number of hydrogen-bond donors (Lipinski definition) is 1. The van der Waals surface area contributed by atoms with Gasteiger partial charge < -0.3 is 19.6 Å². The maximum atomic E-state index is 13.2. The molecule has 6 nitrogen and oxygen atoms in total. The molecule has 3 rings (SSSR count). The Balaban J connectivity index is 2.06. The number of carbonyl (C=O) groups is 2. The number of hydrogen-bond acceptors (Lipinski definition) is 5. The molecule has 0 saturated carbocycles. The number of rotatable bonds is 10. The highest BCUT2D eigenvalue weighted by atomic mass is 16.5. The third kappa shape index (κ3) is 5.33. The quantitative estimate of drug-likeness (QED) is 0.305. The summed E-state index contributed by atoms with van der Waals surface area (Å²) in [5, 5.41) is 11.2. The maximum Gasteiger partial charge on any atom is 0.295 e. The summed E-state index contributed by atoms with van der Waals surface area (Å²) in [5.41, 5.74) is 2.60. The topological polar surface area (TPSA) is 70.1 Å². The standard InChI is InChI=1S/C28H36N2O4/c1-6-29(7-2)17-18-30-25(21-11-9-20(10-12-21)19(4)5)24(27(32)28(30)33)26(31)22-13-15-23(16-14-22)34-8-3/h9-16,19,25,31H,6-8,17-18H2,1-5H3. The monoisotopic (exact) mass is 464 g/mol. The predicted octanol–water partition coefficient (Wildman–Crippen LogP) is 4.97. The lowest BCUT2D eigenvalue weighted by molar-refractivity contribution is -0.140. The minimum atomic E-state index is -0.649. The minimum absolute atomic E-state index is 0.131. The molecule has 6 heteroatoms. The number of aliphatic hydroxyl groups is 1. The van der Waals surface area contributed by atoms with Gasteiger partial charge in [0.2, 0.25) is 0 Å². The molecule has 34 heavy (non-hydrogen) atoms. The van der Waals surface area contributed by atoms with Gasteiger partial charge >= 0.3 is 0 Å². The fourth-order valence-corrected chi connectivity index (χ4v) is 4.34. The van der Waals surface area contributed by atoms with Crippen molar-refractivity contribution in [3.05, 3.63) is 70.8 Å². The Morgan fingerprint density at radius 1 is 1.00 bits per heavy atom. The van der Waals surface area contributed by atoms with E-state index in [9.17, 15) is 14.7 Å². The third-order valence-electron chi connectivity index (χ3n) is 6.45. The van der Waals surface area contributed by atoms with E-state index < -0.39 is 17.7 Å². The number of ketones is 1. The highest BCUT2D eigenvalue weighted by molar-refractivity contribution is 6.46. The SMILES string of the molecule is CCOc1ccc(C(O)=C2C(=O)C(=O)N(CCN(CC)CC)C2c2ccc(C(C)C)cc2)cc1. The van der Waals surface area contributed by atoms with Crippen LogP contribution in [-0.4, -0.2) is 59.4 Å². The van der Waals surface area contributed by atoms with E-state index in [1.165, 1.54) is 5.56 Å². The molecule has 1 aliphatic rings. The number of likely N-dealkylation sites (tertiary alicyclic amines) is 1. The zero-order valence-corrected chi connectivity index (χ0v) is 20.9. The fourth-order valence-electron chi connectivity index (χ4n) is 4.34. The highest BCUT2D eigenvalue weighted by Crippen LogP contribution is 2.39. The second-order valence-electron chi connectivity index (χ2n) is 8.80. The van der Waals surface area contributed by atoms with Crippen molar-refractivity contribution in [1.29, 1.82) is 0 Å². The molecule has 0 aromatic heterocycles. The van der Waals surface area contributed by atoms with Gasteiger partial charge in [-0.1, -0.05) is 52.0 Å². The number of carbonyl (C=O) groups excluding carboxylic acids is 2. The lowest BCUT2D eigenvalue weighted by atomic mass is 9.93. The van der Waals surface area contributed by atoms with Crippen LogP contribution in [0.25, 0.3) is 5.76 Å². The third-order valence-corrected chi connectivity index (χ3v) is 6.45. The molecule has 1 heterocycles. The molecule has 0 radical (unpaired) electrons. The molecule has 1 amide bonds. The van der Waals surface area contributed by atoms with Crippen LogP contribution in [0.15, 0.2) is 54.1 Å². The van der Waals surface area contributed by atoms with Crippen molar-refractivity contribution >= 4 is 17.4 Å². The molecule has 0 aliphatic carbocycles. The molecule has 1 fully saturated rings. The zero-order chi connectivity index (χ0) is 24.8. The van der Waals surface area contributed by atoms with Crippen LogP contribution in [0.1, 0.15) is 63.3 Å². The van der Waals surface area contributed by atoms with Crippen molar-refractivity contribution in [3.8, 4) is 5.75 Å². The van der Waals surface area contributed by atoms with E-state index in [0.29, 0.717) is 36.9 Å². The summed E-state index contributed by atoms with van der Waals surface area (Å²) >= 11 is 0. The Kier molecular flexibility index (Phi) is 8.51. The average molecular weight is 465 g/mol. The molecule has 0 spiro atoms. The van der Waals surface area contributed by atoms with E-state index in [0.717, 1.165) is 18.7 Å². The fraction of sp³-hybridized carbons (Fsp3) is 0.429. The summed E-state index contributed by atoms with van der Waals surface area (Å²) in [5.74, 6) is -0.336. The smallest absolute Gasteiger partial charge is 0.295 e. The largest absolute Gasteiger partial charge is 0.507 e.